The van der Waals surface area contributed by atoms with Crippen molar-refractivity contribution in [1.29, 1.82) is 0 Å². The molecule has 0 saturated heterocycles. The van der Waals surface area contributed by atoms with Gasteiger partial charge in [-0.1, -0.05) is 165 Å². The average Bonchev–Trinajstić information content (AvgIpc) is 3.61. The average molecular weight is 840 g/mol. The van der Waals surface area contributed by atoms with Crippen LogP contribution in [0.3, 0.4) is 0 Å². The van der Waals surface area contributed by atoms with Crippen LogP contribution in [0.4, 0.5) is 25.8 Å². The van der Waals surface area contributed by atoms with E-state index in [1.807, 2.05) is 84.9 Å². The summed E-state index contributed by atoms with van der Waals surface area (Å²) >= 11 is 3.31. The van der Waals surface area contributed by atoms with Gasteiger partial charge in [0, 0.05) is 32.4 Å². The fourth-order valence-corrected chi connectivity index (χ4v) is 8.98. The van der Waals surface area contributed by atoms with Gasteiger partial charge in [0.15, 0.2) is 0 Å². The van der Waals surface area contributed by atoms with Gasteiger partial charge < -0.3 is 11.1 Å². The lowest BCUT2D eigenvalue weighted by Crippen LogP contribution is -2.14. The maximum atomic E-state index is 14.6. The molecule has 0 fully saturated rings. The maximum absolute atomic E-state index is 14.6. The summed E-state index contributed by atoms with van der Waals surface area (Å²) in [6, 6.07) is 59.4. The Kier molecular flexibility index (Phi) is 10.8. The Hall–Kier alpha value is -6.30. The first kappa shape index (κ1) is 39.5. The van der Waals surface area contributed by atoms with Crippen molar-refractivity contribution in [3.05, 3.63) is 220 Å². The molecule has 0 saturated carbocycles. The minimum absolute atomic E-state index is 0.0548. The molecule has 0 aromatic heterocycles. The molecule has 2 aliphatic carbocycles. The van der Waals surface area contributed by atoms with Crippen LogP contribution in [0.5, 0.6) is 0 Å². The van der Waals surface area contributed by atoms with Crippen LogP contribution >= 0.6 is 15.9 Å². The van der Waals surface area contributed by atoms with E-state index >= 15 is 0 Å². The lowest BCUT2D eigenvalue weighted by molar-refractivity contribution is 0.628. The molecule has 10 rings (SSSR count). The van der Waals surface area contributed by atoms with Crippen molar-refractivity contribution in [2.24, 2.45) is 0 Å². The van der Waals surface area contributed by atoms with Gasteiger partial charge in [0.25, 0.3) is 0 Å². The van der Waals surface area contributed by atoms with E-state index in [9.17, 15) is 8.78 Å². The van der Waals surface area contributed by atoms with Gasteiger partial charge in [0.1, 0.15) is 11.6 Å². The largest absolute Gasteiger partial charge is 0.399 e. The predicted octanol–water partition coefficient (Wildman–Crippen LogP) is 15.4. The van der Waals surface area contributed by atoms with Crippen molar-refractivity contribution in [3.8, 4) is 44.5 Å². The molecular weight excluding hydrogens is 795 g/mol. The number of nitrogen functional groups attached to an aromatic ring is 1. The summed E-state index contributed by atoms with van der Waals surface area (Å²) < 4.78 is 29.5. The Morgan fingerprint density at radius 1 is 0.424 bits per heavy atom. The summed E-state index contributed by atoms with van der Waals surface area (Å²) in [5.74, 6) is -0.549. The Balaban J connectivity index is 0.000000144. The molecule has 292 valence electrons. The number of rotatable bonds is 4. The second-order valence-electron chi connectivity index (χ2n) is 16.1. The monoisotopic (exact) mass is 838 g/mol. The Labute approximate surface area is 354 Å². The second kappa shape index (κ2) is 16.2. The number of nitrogens with one attached hydrogen (secondary N) is 1. The number of nitrogens with two attached hydrogens (primary N) is 1. The van der Waals surface area contributed by atoms with E-state index in [4.69, 9.17) is 5.73 Å². The van der Waals surface area contributed by atoms with Crippen molar-refractivity contribution in [3.63, 3.8) is 0 Å². The highest BCUT2D eigenvalue weighted by Crippen LogP contribution is 2.53. The van der Waals surface area contributed by atoms with Crippen LogP contribution in [0.25, 0.3) is 44.5 Å². The summed E-state index contributed by atoms with van der Waals surface area (Å²) in [5, 5.41) is 3.32. The molecule has 0 aliphatic heterocycles. The molecule has 8 aromatic carbocycles. The first-order valence-electron chi connectivity index (χ1n) is 19.8. The van der Waals surface area contributed by atoms with Crippen LogP contribution in [0, 0.1) is 11.6 Å². The minimum atomic E-state index is -0.303. The number of para-hydroxylation sites is 1. The number of anilines is 3. The fraction of sp³-hybridized carbons (Fsp3) is 0.111. The van der Waals surface area contributed by atoms with E-state index in [-0.39, 0.29) is 22.5 Å². The lowest BCUT2D eigenvalue weighted by atomic mass is 9.82. The minimum Gasteiger partial charge on any atom is -0.399 e. The molecule has 59 heavy (non-hydrogen) atoms. The van der Waals surface area contributed by atoms with Gasteiger partial charge >= 0.3 is 0 Å². The normalized spacial score (nSPS) is 13.3. The van der Waals surface area contributed by atoms with Gasteiger partial charge in [-0.2, -0.15) is 0 Å². The lowest BCUT2D eigenvalue weighted by Gasteiger charge is -2.21. The zero-order valence-corrected chi connectivity index (χ0v) is 35.1. The zero-order chi connectivity index (χ0) is 41.3. The molecule has 0 atom stereocenters. The number of benzene rings is 8. The molecule has 3 N–H and O–H groups in total. The SMILES string of the molecule is Brc1ccccc1.CC1(C)c2ccccc2-c2c(-c3cc(F)cc(Nc4ccccc4)c3)cccc21.CC1(C)c2ccccc2-c2c(-c3cc(N)cc(F)c3)cccc21. The van der Waals surface area contributed by atoms with Crippen LogP contribution in [0.2, 0.25) is 0 Å². The highest BCUT2D eigenvalue weighted by Gasteiger charge is 2.37. The van der Waals surface area contributed by atoms with E-state index < -0.39 is 0 Å². The zero-order valence-electron chi connectivity index (χ0n) is 33.5. The van der Waals surface area contributed by atoms with Gasteiger partial charge in [-0.15, -0.1) is 0 Å². The van der Waals surface area contributed by atoms with Crippen molar-refractivity contribution >= 4 is 33.0 Å². The smallest absolute Gasteiger partial charge is 0.125 e. The molecule has 8 aromatic rings. The van der Waals surface area contributed by atoms with Crippen molar-refractivity contribution in [2.75, 3.05) is 11.1 Å². The molecule has 5 heteroatoms. The number of hydrogen-bond acceptors (Lipinski definition) is 2. The van der Waals surface area contributed by atoms with Gasteiger partial charge in [-0.05, 0) is 127 Å². The standard InChI is InChI=1S/C27H22FN.C21H18FN.C6H5Br/c1-27(2)24-13-7-6-11-23(24)26-22(12-8-14-25(26)27)18-15-19(28)17-21(16-18)29-20-9-4-3-5-10-20;1-21(2)18-8-4-3-6-17(18)20-16(7-5-9-19(20)21)13-10-14(22)12-15(23)11-13;7-6-4-2-1-3-5-6/h3-17,29H,1-2H3;3-12H,23H2,1-2H3;1-5H. The summed E-state index contributed by atoms with van der Waals surface area (Å²) in [6.07, 6.45) is 0. The number of halogens is 3. The topological polar surface area (TPSA) is 38.0 Å². The third-order valence-electron chi connectivity index (χ3n) is 11.5. The Morgan fingerprint density at radius 2 is 0.847 bits per heavy atom. The van der Waals surface area contributed by atoms with E-state index in [1.54, 1.807) is 12.1 Å². The molecular formula is C54H45BrF2N2. The summed E-state index contributed by atoms with van der Waals surface area (Å²) in [7, 11) is 0. The third kappa shape index (κ3) is 7.83. The van der Waals surface area contributed by atoms with Gasteiger partial charge in [0.05, 0.1) is 0 Å². The molecule has 0 amide bonds. The highest BCUT2D eigenvalue weighted by molar-refractivity contribution is 9.10. The quantitative estimate of drug-likeness (QED) is 0.173. The van der Waals surface area contributed by atoms with Crippen LogP contribution in [0.1, 0.15) is 49.9 Å². The number of fused-ring (bicyclic) bond motifs is 6. The molecule has 2 nitrogen and oxygen atoms in total. The van der Waals surface area contributed by atoms with E-state index in [2.05, 4.69) is 122 Å². The molecule has 0 bridgehead atoms. The first-order chi connectivity index (χ1) is 28.4. The van der Waals surface area contributed by atoms with Gasteiger partial charge in [-0.25, -0.2) is 8.78 Å². The summed E-state index contributed by atoms with van der Waals surface area (Å²) in [6.45, 7) is 8.99. The Morgan fingerprint density at radius 3 is 1.34 bits per heavy atom. The van der Waals surface area contributed by atoms with Crippen molar-refractivity contribution < 1.29 is 8.78 Å². The fourth-order valence-electron chi connectivity index (χ4n) is 8.68. The Bertz CT molecular complexity index is 2770. The maximum Gasteiger partial charge on any atom is 0.125 e. The van der Waals surface area contributed by atoms with Crippen LogP contribution in [-0.4, -0.2) is 0 Å². The van der Waals surface area contributed by atoms with Crippen molar-refractivity contribution in [2.45, 2.75) is 38.5 Å². The van der Waals surface area contributed by atoms with E-state index in [0.29, 0.717) is 5.69 Å². The van der Waals surface area contributed by atoms with E-state index in [0.717, 1.165) is 38.1 Å². The molecule has 0 heterocycles. The van der Waals surface area contributed by atoms with Gasteiger partial charge in [-0.3, -0.25) is 0 Å². The van der Waals surface area contributed by atoms with Crippen LogP contribution in [-0.2, 0) is 10.8 Å². The summed E-state index contributed by atoms with van der Waals surface area (Å²) in [4.78, 5) is 0. The van der Waals surface area contributed by atoms with Crippen LogP contribution < -0.4 is 11.1 Å². The number of hydrogen-bond donors (Lipinski definition) is 2. The summed E-state index contributed by atoms with van der Waals surface area (Å²) in [5.41, 5.74) is 21.7. The first-order valence-corrected chi connectivity index (χ1v) is 20.6. The van der Waals surface area contributed by atoms with Crippen LogP contribution in [0.15, 0.2) is 186 Å². The predicted molar refractivity (Wildman–Crippen MR) is 247 cm³/mol. The van der Waals surface area contributed by atoms with E-state index in [1.165, 1.54) is 56.6 Å². The molecule has 0 radical (unpaired) electrons. The molecule has 2 aliphatic rings. The highest BCUT2D eigenvalue weighted by atomic mass is 79.9. The second-order valence-corrected chi connectivity index (χ2v) is 17.0. The molecule has 0 spiro atoms. The third-order valence-corrected chi connectivity index (χ3v) is 12.0. The molecule has 0 unspecified atom stereocenters. The van der Waals surface area contributed by atoms with Crippen molar-refractivity contribution in [1.82, 2.24) is 0 Å². The van der Waals surface area contributed by atoms with Gasteiger partial charge in [0.2, 0.25) is 0 Å².